The molecule has 19 heavy (non-hydrogen) atoms. The molecule has 1 aliphatic rings. The monoisotopic (exact) mass is 264 g/mol. The highest BCUT2D eigenvalue weighted by molar-refractivity contribution is 5.97. The van der Waals surface area contributed by atoms with Crippen molar-refractivity contribution in [1.82, 2.24) is 15.5 Å². The summed E-state index contributed by atoms with van der Waals surface area (Å²) in [5.41, 5.74) is 0.609. The van der Waals surface area contributed by atoms with Crippen molar-refractivity contribution in [2.45, 2.75) is 57.9 Å². The van der Waals surface area contributed by atoms with Crippen molar-refractivity contribution in [2.24, 2.45) is 0 Å². The Morgan fingerprint density at radius 1 is 1.53 bits per heavy atom. The molecule has 1 aliphatic heterocycles. The van der Waals surface area contributed by atoms with E-state index < -0.39 is 5.54 Å². The normalized spacial score (nSPS) is 23.6. The molecule has 1 fully saturated rings. The minimum atomic E-state index is -0.416. The van der Waals surface area contributed by atoms with Crippen LogP contribution in [0.3, 0.4) is 0 Å². The van der Waals surface area contributed by atoms with Gasteiger partial charge < -0.3 is 10.6 Å². The van der Waals surface area contributed by atoms with Gasteiger partial charge in [0.2, 0.25) is 5.91 Å². The molecule has 0 aliphatic carbocycles. The highest BCUT2D eigenvalue weighted by atomic mass is 16.2. The van der Waals surface area contributed by atoms with E-state index in [1.807, 2.05) is 13.0 Å². The molecule has 1 amide bonds. The second-order valence-corrected chi connectivity index (χ2v) is 6.34. The second-order valence-electron chi connectivity index (χ2n) is 6.34. The summed E-state index contributed by atoms with van der Waals surface area (Å²) in [7, 11) is 0. The van der Waals surface area contributed by atoms with E-state index in [0.717, 1.165) is 31.5 Å². The number of aromatic amines is 1. The highest BCUT2D eigenvalue weighted by Crippen LogP contribution is 2.26. The average Bonchev–Trinajstić information content (AvgIpc) is 2.96. The number of nitrogens with one attached hydrogen (secondary N) is 3. The van der Waals surface area contributed by atoms with Gasteiger partial charge in [-0.1, -0.05) is 27.7 Å². The van der Waals surface area contributed by atoms with Gasteiger partial charge in [-0.05, 0) is 25.8 Å². The lowest BCUT2D eigenvalue weighted by molar-refractivity contribution is -0.122. The number of hydrogen-bond donors (Lipinski definition) is 3. The number of aromatic nitrogens is 2. The lowest BCUT2D eigenvalue weighted by Gasteiger charge is -2.26. The minimum absolute atomic E-state index is 0.00400. The van der Waals surface area contributed by atoms with E-state index in [9.17, 15) is 4.79 Å². The summed E-state index contributed by atoms with van der Waals surface area (Å²) in [6.07, 6.45) is 2.75. The van der Waals surface area contributed by atoms with Gasteiger partial charge in [0.1, 0.15) is 0 Å². The van der Waals surface area contributed by atoms with E-state index in [2.05, 4.69) is 41.6 Å². The molecule has 1 unspecified atom stereocenters. The number of anilines is 1. The molecule has 5 nitrogen and oxygen atoms in total. The number of carbonyl (C=O) groups is 1. The summed E-state index contributed by atoms with van der Waals surface area (Å²) in [5, 5.41) is 13.4. The van der Waals surface area contributed by atoms with E-state index in [1.165, 1.54) is 0 Å². The van der Waals surface area contributed by atoms with Crippen LogP contribution in [0, 0.1) is 0 Å². The van der Waals surface area contributed by atoms with Crippen LogP contribution < -0.4 is 10.6 Å². The number of H-pyrrole nitrogens is 1. The maximum Gasteiger partial charge on any atom is 0.245 e. The van der Waals surface area contributed by atoms with Crippen LogP contribution in [0.25, 0.3) is 0 Å². The molecule has 1 aromatic heterocycles. The molecule has 2 rings (SSSR count). The van der Waals surface area contributed by atoms with Crippen molar-refractivity contribution in [2.75, 3.05) is 11.9 Å². The first-order valence-corrected chi connectivity index (χ1v) is 7.00. The first-order valence-electron chi connectivity index (χ1n) is 7.00. The highest BCUT2D eigenvalue weighted by Gasteiger charge is 2.39. The van der Waals surface area contributed by atoms with Crippen LogP contribution in [0.1, 0.15) is 52.7 Å². The average molecular weight is 264 g/mol. The Morgan fingerprint density at radius 3 is 2.74 bits per heavy atom. The van der Waals surface area contributed by atoms with Gasteiger partial charge in [0, 0.05) is 17.2 Å². The Kier molecular flexibility index (Phi) is 3.67. The molecular formula is C14H24N4O. The number of hydrogen-bond acceptors (Lipinski definition) is 3. The molecule has 0 aromatic carbocycles. The first-order chi connectivity index (χ1) is 8.87. The standard InChI is InChI=1S/C14H24N4O/c1-5-14(7-6-8-15-14)12(19)16-11-9-10(17-18-11)13(2,3)4/h9,15H,5-8H2,1-4H3,(H2,16,17,18,19). The Hall–Kier alpha value is -1.36. The molecular weight excluding hydrogens is 240 g/mol. The maximum atomic E-state index is 12.4. The van der Waals surface area contributed by atoms with Crippen molar-refractivity contribution in [3.05, 3.63) is 11.8 Å². The molecule has 3 N–H and O–H groups in total. The van der Waals surface area contributed by atoms with Gasteiger partial charge in [0.15, 0.2) is 5.82 Å². The molecule has 0 saturated carbocycles. The first kappa shape index (κ1) is 14.1. The van der Waals surface area contributed by atoms with Crippen LogP contribution in [0.4, 0.5) is 5.82 Å². The summed E-state index contributed by atoms with van der Waals surface area (Å²) in [4.78, 5) is 12.4. The summed E-state index contributed by atoms with van der Waals surface area (Å²) >= 11 is 0. The Labute approximate surface area is 114 Å². The zero-order valence-electron chi connectivity index (χ0n) is 12.3. The Morgan fingerprint density at radius 2 is 2.26 bits per heavy atom. The SMILES string of the molecule is CCC1(C(=O)Nc2cc(C(C)(C)C)[nH]n2)CCCN1. The molecule has 5 heteroatoms. The third-order valence-corrected chi connectivity index (χ3v) is 3.91. The van der Waals surface area contributed by atoms with E-state index >= 15 is 0 Å². The number of rotatable bonds is 3. The molecule has 1 aromatic rings. The van der Waals surface area contributed by atoms with Crippen molar-refractivity contribution in [1.29, 1.82) is 0 Å². The molecule has 2 heterocycles. The summed E-state index contributed by atoms with van der Waals surface area (Å²) in [6, 6.07) is 1.91. The Bertz CT molecular complexity index is 452. The lowest BCUT2D eigenvalue weighted by atomic mass is 9.92. The molecule has 1 saturated heterocycles. The number of carbonyl (C=O) groups excluding carboxylic acids is 1. The minimum Gasteiger partial charge on any atom is -0.308 e. The number of nitrogens with zero attached hydrogens (tertiary/aromatic N) is 1. The summed E-state index contributed by atoms with van der Waals surface area (Å²) in [6.45, 7) is 9.28. The molecule has 0 bridgehead atoms. The van der Waals surface area contributed by atoms with Crippen molar-refractivity contribution in [3.63, 3.8) is 0 Å². The van der Waals surface area contributed by atoms with Crippen molar-refractivity contribution >= 4 is 11.7 Å². The molecule has 106 valence electrons. The molecule has 0 spiro atoms. The van der Waals surface area contributed by atoms with Gasteiger partial charge in [0.05, 0.1) is 5.54 Å². The van der Waals surface area contributed by atoms with Gasteiger partial charge in [-0.25, -0.2) is 0 Å². The van der Waals surface area contributed by atoms with Gasteiger partial charge in [0.25, 0.3) is 0 Å². The van der Waals surface area contributed by atoms with Crippen LogP contribution in [-0.4, -0.2) is 28.2 Å². The lowest BCUT2D eigenvalue weighted by Crippen LogP contribution is -2.50. The third-order valence-electron chi connectivity index (χ3n) is 3.91. The molecule has 1 atom stereocenters. The summed E-state index contributed by atoms with van der Waals surface area (Å²) < 4.78 is 0. The van der Waals surface area contributed by atoms with Gasteiger partial charge >= 0.3 is 0 Å². The summed E-state index contributed by atoms with van der Waals surface area (Å²) in [5.74, 6) is 0.635. The smallest absolute Gasteiger partial charge is 0.245 e. The Balaban J connectivity index is 2.09. The number of amides is 1. The fraction of sp³-hybridized carbons (Fsp3) is 0.714. The fourth-order valence-corrected chi connectivity index (χ4v) is 2.47. The topological polar surface area (TPSA) is 69.8 Å². The van der Waals surface area contributed by atoms with Crippen LogP contribution in [0.2, 0.25) is 0 Å². The quantitative estimate of drug-likeness (QED) is 0.783. The maximum absolute atomic E-state index is 12.4. The van der Waals surface area contributed by atoms with Crippen LogP contribution in [0.5, 0.6) is 0 Å². The largest absolute Gasteiger partial charge is 0.308 e. The predicted octanol–water partition coefficient (Wildman–Crippen LogP) is 2.18. The second kappa shape index (κ2) is 4.96. The van der Waals surface area contributed by atoms with E-state index in [4.69, 9.17) is 0 Å². The predicted molar refractivity (Wildman–Crippen MR) is 76.2 cm³/mol. The van der Waals surface area contributed by atoms with Gasteiger partial charge in [-0.2, -0.15) is 5.10 Å². The zero-order valence-corrected chi connectivity index (χ0v) is 12.3. The fourth-order valence-electron chi connectivity index (χ4n) is 2.47. The van der Waals surface area contributed by atoms with E-state index in [1.54, 1.807) is 0 Å². The van der Waals surface area contributed by atoms with Gasteiger partial charge in [-0.15, -0.1) is 0 Å². The van der Waals surface area contributed by atoms with Crippen LogP contribution in [0.15, 0.2) is 6.07 Å². The van der Waals surface area contributed by atoms with Gasteiger partial charge in [-0.3, -0.25) is 9.89 Å². The van der Waals surface area contributed by atoms with Crippen molar-refractivity contribution in [3.8, 4) is 0 Å². The van der Waals surface area contributed by atoms with E-state index in [-0.39, 0.29) is 11.3 Å². The van der Waals surface area contributed by atoms with Crippen LogP contribution >= 0.6 is 0 Å². The third kappa shape index (κ3) is 2.81. The molecule has 0 radical (unpaired) electrons. The van der Waals surface area contributed by atoms with E-state index in [0.29, 0.717) is 5.82 Å². The van der Waals surface area contributed by atoms with Crippen LogP contribution in [-0.2, 0) is 10.2 Å². The van der Waals surface area contributed by atoms with Crippen molar-refractivity contribution < 1.29 is 4.79 Å². The zero-order chi connectivity index (χ0) is 14.1.